The summed E-state index contributed by atoms with van der Waals surface area (Å²) in [5.41, 5.74) is 2.46. The van der Waals surface area contributed by atoms with Crippen LogP contribution in [0.3, 0.4) is 0 Å². The summed E-state index contributed by atoms with van der Waals surface area (Å²) in [7, 11) is 0. The maximum Gasteiger partial charge on any atom is 0.325 e. The third-order valence-electron chi connectivity index (χ3n) is 4.44. The number of hydrogen-bond acceptors (Lipinski definition) is 5. The first kappa shape index (κ1) is 21.8. The number of carbonyl (C=O) groups excluding carboxylic acids is 3. The molecule has 1 aromatic heterocycles. The van der Waals surface area contributed by atoms with E-state index in [1.807, 2.05) is 56.3 Å². The first-order valence-electron chi connectivity index (χ1n) is 9.86. The number of aromatic nitrogens is 2. The Hall–Kier alpha value is -3.94. The molecule has 0 radical (unpaired) electrons. The van der Waals surface area contributed by atoms with Crippen LogP contribution in [0.5, 0.6) is 0 Å². The normalized spacial score (nSPS) is 10.5. The van der Waals surface area contributed by atoms with Gasteiger partial charge < -0.3 is 15.4 Å². The van der Waals surface area contributed by atoms with E-state index in [1.54, 1.807) is 29.1 Å². The molecule has 0 fully saturated rings. The number of esters is 1. The molecule has 0 bridgehead atoms. The van der Waals surface area contributed by atoms with Crippen molar-refractivity contribution in [1.29, 1.82) is 0 Å². The van der Waals surface area contributed by atoms with Crippen LogP contribution >= 0.6 is 0 Å². The molecule has 31 heavy (non-hydrogen) atoms. The van der Waals surface area contributed by atoms with E-state index in [2.05, 4.69) is 15.7 Å². The Bertz CT molecular complexity index is 1040. The molecule has 0 unspecified atom stereocenters. The Balaban J connectivity index is 1.43. The minimum Gasteiger partial charge on any atom is -0.454 e. The molecule has 0 aliphatic carbocycles. The minimum absolute atomic E-state index is 0.0739. The highest BCUT2D eigenvalue weighted by Gasteiger charge is 2.13. The van der Waals surface area contributed by atoms with Gasteiger partial charge in [0.2, 0.25) is 0 Å². The number of anilines is 1. The second-order valence-corrected chi connectivity index (χ2v) is 7.09. The quantitative estimate of drug-likeness (QED) is 0.546. The molecule has 0 aliphatic rings. The highest BCUT2D eigenvalue weighted by molar-refractivity contribution is 5.97. The van der Waals surface area contributed by atoms with Crippen LogP contribution < -0.4 is 10.6 Å². The molecule has 0 saturated heterocycles. The number of nitrogens with one attached hydrogen (secondary N) is 2. The van der Waals surface area contributed by atoms with Crippen LogP contribution in [0.2, 0.25) is 0 Å². The average molecular weight is 420 g/mol. The number of rotatable bonds is 8. The summed E-state index contributed by atoms with van der Waals surface area (Å²) < 4.78 is 6.56. The molecule has 8 nitrogen and oxygen atoms in total. The third-order valence-corrected chi connectivity index (χ3v) is 4.44. The first-order chi connectivity index (χ1) is 14.9. The van der Waals surface area contributed by atoms with E-state index in [4.69, 9.17) is 4.74 Å². The molecule has 8 heteroatoms. The highest BCUT2D eigenvalue weighted by atomic mass is 16.5. The van der Waals surface area contributed by atoms with Crippen molar-refractivity contribution in [2.45, 2.75) is 19.9 Å². The van der Waals surface area contributed by atoms with Crippen LogP contribution in [0.15, 0.2) is 66.9 Å². The molecule has 0 aliphatic heterocycles. The van der Waals surface area contributed by atoms with Crippen LogP contribution in [0.25, 0.3) is 11.1 Å². The third kappa shape index (κ3) is 6.02. The summed E-state index contributed by atoms with van der Waals surface area (Å²) in [6.07, 6.45) is 1.57. The molecule has 2 N–H and O–H groups in total. The predicted molar refractivity (Wildman–Crippen MR) is 116 cm³/mol. The Kier molecular flexibility index (Phi) is 7.16. The van der Waals surface area contributed by atoms with Crippen molar-refractivity contribution < 1.29 is 19.1 Å². The molecular weight excluding hydrogens is 396 g/mol. The van der Waals surface area contributed by atoms with E-state index in [1.165, 1.54) is 0 Å². The number of benzene rings is 2. The van der Waals surface area contributed by atoms with Gasteiger partial charge in [0.25, 0.3) is 11.8 Å². The summed E-state index contributed by atoms with van der Waals surface area (Å²) in [4.78, 5) is 36.1. The zero-order chi connectivity index (χ0) is 22.2. The fourth-order valence-corrected chi connectivity index (χ4v) is 2.90. The van der Waals surface area contributed by atoms with Crippen LogP contribution in [-0.2, 0) is 14.3 Å². The van der Waals surface area contributed by atoms with Crippen molar-refractivity contribution in [2.75, 3.05) is 18.5 Å². The Morgan fingerprint density at radius 1 is 0.968 bits per heavy atom. The van der Waals surface area contributed by atoms with Gasteiger partial charge >= 0.3 is 5.97 Å². The van der Waals surface area contributed by atoms with Gasteiger partial charge in [-0.1, -0.05) is 42.5 Å². The van der Waals surface area contributed by atoms with Gasteiger partial charge in [-0.3, -0.25) is 14.4 Å². The summed E-state index contributed by atoms with van der Waals surface area (Å²) in [6, 6.07) is 18.6. The SMILES string of the molecule is CC(C)n1nccc1NC(=O)COC(=O)CNC(=O)c1ccc(-c2ccccc2)cc1. The Morgan fingerprint density at radius 3 is 2.32 bits per heavy atom. The average Bonchev–Trinajstić information content (AvgIpc) is 3.25. The zero-order valence-electron chi connectivity index (χ0n) is 17.4. The van der Waals surface area contributed by atoms with Crippen molar-refractivity contribution in [3.05, 3.63) is 72.4 Å². The van der Waals surface area contributed by atoms with Gasteiger partial charge in [-0.25, -0.2) is 4.68 Å². The Morgan fingerprint density at radius 2 is 1.65 bits per heavy atom. The highest BCUT2D eigenvalue weighted by Crippen LogP contribution is 2.19. The maximum atomic E-state index is 12.2. The number of nitrogens with zero attached hydrogens (tertiary/aromatic N) is 2. The van der Waals surface area contributed by atoms with Crippen molar-refractivity contribution in [3.8, 4) is 11.1 Å². The molecule has 0 spiro atoms. The van der Waals surface area contributed by atoms with E-state index in [9.17, 15) is 14.4 Å². The number of amides is 2. The van der Waals surface area contributed by atoms with E-state index in [0.29, 0.717) is 11.4 Å². The van der Waals surface area contributed by atoms with Gasteiger partial charge in [0.1, 0.15) is 12.4 Å². The number of carbonyl (C=O) groups is 3. The lowest BCUT2D eigenvalue weighted by atomic mass is 10.0. The summed E-state index contributed by atoms with van der Waals surface area (Å²) in [6.45, 7) is 3.07. The van der Waals surface area contributed by atoms with E-state index in [-0.39, 0.29) is 12.6 Å². The number of hydrogen-bond donors (Lipinski definition) is 2. The fourth-order valence-electron chi connectivity index (χ4n) is 2.90. The molecular formula is C23H24N4O4. The molecule has 160 valence electrons. The molecule has 0 saturated carbocycles. The summed E-state index contributed by atoms with van der Waals surface area (Å²) in [5.74, 6) is -1.08. The maximum absolute atomic E-state index is 12.2. The predicted octanol–water partition coefficient (Wildman–Crippen LogP) is 3.04. The second-order valence-electron chi connectivity index (χ2n) is 7.09. The van der Waals surface area contributed by atoms with Crippen molar-refractivity contribution in [3.63, 3.8) is 0 Å². The first-order valence-corrected chi connectivity index (χ1v) is 9.86. The van der Waals surface area contributed by atoms with Crippen LogP contribution in [0.4, 0.5) is 5.82 Å². The van der Waals surface area contributed by atoms with Crippen LogP contribution in [0.1, 0.15) is 30.2 Å². The Labute approximate surface area is 180 Å². The second kappa shape index (κ2) is 10.2. The molecule has 2 aromatic carbocycles. The lowest BCUT2D eigenvalue weighted by molar-refractivity contribution is -0.146. The lowest BCUT2D eigenvalue weighted by Crippen LogP contribution is -2.32. The smallest absolute Gasteiger partial charge is 0.325 e. The standard InChI is InChI=1S/C23H24N4O4/c1-16(2)27-20(12-13-25-27)26-21(28)15-31-22(29)14-24-23(30)19-10-8-18(9-11-19)17-6-4-3-5-7-17/h3-13,16H,14-15H2,1-2H3,(H,24,30)(H,26,28). The monoisotopic (exact) mass is 420 g/mol. The zero-order valence-corrected chi connectivity index (χ0v) is 17.4. The van der Waals surface area contributed by atoms with Crippen LogP contribution in [0, 0.1) is 0 Å². The minimum atomic E-state index is -0.707. The molecule has 3 rings (SSSR count). The summed E-state index contributed by atoms with van der Waals surface area (Å²) in [5, 5.41) is 9.24. The van der Waals surface area contributed by atoms with Crippen molar-refractivity contribution in [2.24, 2.45) is 0 Å². The number of ether oxygens (including phenoxy) is 1. The van der Waals surface area contributed by atoms with Gasteiger partial charge in [0, 0.05) is 17.7 Å². The lowest BCUT2D eigenvalue weighted by Gasteiger charge is -2.12. The van der Waals surface area contributed by atoms with Gasteiger partial charge in [0.15, 0.2) is 6.61 Å². The van der Waals surface area contributed by atoms with Gasteiger partial charge in [-0.2, -0.15) is 5.10 Å². The van der Waals surface area contributed by atoms with E-state index < -0.39 is 24.4 Å². The molecule has 2 amide bonds. The van der Waals surface area contributed by atoms with Gasteiger partial charge in [0.05, 0.1) is 6.20 Å². The molecule has 1 heterocycles. The van der Waals surface area contributed by atoms with Gasteiger partial charge in [-0.15, -0.1) is 0 Å². The van der Waals surface area contributed by atoms with Crippen LogP contribution in [-0.4, -0.2) is 40.7 Å². The molecule has 3 aromatic rings. The largest absolute Gasteiger partial charge is 0.454 e. The van der Waals surface area contributed by atoms with E-state index in [0.717, 1.165) is 11.1 Å². The van der Waals surface area contributed by atoms with Crippen molar-refractivity contribution in [1.82, 2.24) is 15.1 Å². The molecule has 0 atom stereocenters. The topological polar surface area (TPSA) is 102 Å². The van der Waals surface area contributed by atoms with E-state index >= 15 is 0 Å². The fraction of sp³-hybridized carbons (Fsp3) is 0.217. The summed E-state index contributed by atoms with van der Waals surface area (Å²) >= 11 is 0. The van der Waals surface area contributed by atoms with Gasteiger partial charge in [-0.05, 0) is 37.1 Å². The van der Waals surface area contributed by atoms with Crippen molar-refractivity contribution >= 4 is 23.6 Å².